The van der Waals surface area contributed by atoms with E-state index in [1.165, 1.54) is 4.57 Å². The maximum atomic E-state index is 13.1. The van der Waals surface area contributed by atoms with Crippen molar-refractivity contribution in [3.05, 3.63) is 34.8 Å². The topological polar surface area (TPSA) is 85.0 Å². The average molecular weight is 385 g/mol. The second-order valence-electron chi connectivity index (χ2n) is 8.21. The number of ether oxygens (including phenoxy) is 1. The largest absolute Gasteiger partial charge is 0.420 e. The van der Waals surface area contributed by atoms with Crippen LogP contribution in [0.25, 0.3) is 11.1 Å². The van der Waals surface area contributed by atoms with Gasteiger partial charge >= 0.3 is 5.76 Å². The van der Waals surface area contributed by atoms with Gasteiger partial charge in [0.15, 0.2) is 11.3 Å². The summed E-state index contributed by atoms with van der Waals surface area (Å²) in [6.07, 6.45) is 0.884. The van der Waals surface area contributed by atoms with Gasteiger partial charge in [-0.25, -0.2) is 4.79 Å². The van der Waals surface area contributed by atoms with Crippen LogP contribution >= 0.6 is 0 Å². The Morgan fingerprint density at radius 2 is 2.07 bits per heavy atom. The third-order valence-electron chi connectivity index (χ3n) is 6.44. The van der Waals surface area contributed by atoms with Crippen molar-refractivity contribution in [3.8, 4) is 0 Å². The molecule has 3 fully saturated rings. The molecular formula is C20H23N3O5. The zero-order chi connectivity index (χ0) is 19.6. The fourth-order valence-corrected chi connectivity index (χ4v) is 5.06. The van der Waals surface area contributed by atoms with Crippen LogP contribution in [0.15, 0.2) is 33.5 Å². The van der Waals surface area contributed by atoms with Gasteiger partial charge in [0.1, 0.15) is 6.54 Å². The number of hydrogen-bond donors (Lipinski definition) is 0. The van der Waals surface area contributed by atoms with Crippen LogP contribution < -0.4 is 5.76 Å². The molecule has 2 aromatic rings. The number of likely N-dealkylation sites (tertiary alicyclic amines) is 1. The normalized spacial score (nSPS) is 29.2. The second-order valence-corrected chi connectivity index (χ2v) is 8.21. The highest BCUT2D eigenvalue weighted by atomic mass is 16.5. The molecule has 3 aliphatic heterocycles. The van der Waals surface area contributed by atoms with Gasteiger partial charge < -0.3 is 19.0 Å². The number of oxazole rings is 1. The summed E-state index contributed by atoms with van der Waals surface area (Å²) in [5.74, 6) is -0.404. The number of aromatic nitrogens is 1. The lowest BCUT2D eigenvalue weighted by molar-refractivity contribution is -0.142. The average Bonchev–Trinajstić information content (AvgIpc) is 3.35. The van der Waals surface area contributed by atoms with Crippen LogP contribution in [-0.2, 0) is 20.9 Å². The molecule has 4 heterocycles. The molecule has 5 rings (SSSR count). The number of para-hydroxylation sites is 2. The Bertz CT molecular complexity index is 1020. The second kappa shape index (κ2) is 5.94. The summed E-state index contributed by atoms with van der Waals surface area (Å²) in [5.41, 5.74) is 0.348. The van der Waals surface area contributed by atoms with Gasteiger partial charge in [-0.15, -0.1) is 0 Å². The summed E-state index contributed by atoms with van der Waals surface area (Å²) in [6.45, 7) is 5.09. The van der Waals surface area contributed by atoms with Gasteiger partial charge in [-0.05, 0) is 18.1 Å². The molecular weight excluding hydrogens is 362 g/mol. The summed E-state index contributed by atoms with van der Waals surface area (Å²) >= 11 is 0. The SMILES string of the molecule is CC(C)[C@@H]1CO[C@@]23CCN(C(=O)Cn4c(=O)oc5ccccc54)[C@@H]2CC(=O)N13. The molecule has 3 aliphatic rings. The lowest BCUT2D eigenvalue weighted by Crippen LogP contribution is -2.51. The van der Waals surface area contributed by atoms with Gasteiger partial charge in [-0.3, -0.25) is 14.2 Å². The molecule has 8 heteroatoms. The molecule has 3 atom stereocenters. The third kappa shape index (κ3) is 2.24. The minimum atomic E-state index is -0.703. The third-order valence-corrected chi connectivity index (χ3v) is 6.44. The first-order chi connectivity index (χ1) is 13.4. The van der Waals surface area contributed by atoms with Crippen molar-refractivity contribution in [2.45, 2.75) is 51.0 Å². The minimum absolute atomic E-state index is 0.0460. The van der Waals surface area contributed by atoms with E-state index in [1.807, 2.05) is 4.90 Å². The predicted octanol–water partition coefficient (Wildman–Crippen LogP) is 1.18. The maximum Gasteiger partial charge on any atom is 0.420 e. The van der Waals surface area contributed by atoms with E-state index >= 15 is 0 Å². The van der Waals surface area contributed by atoms with Crippen LogP contribution in [0.3, 0.4) is 0 Å². The van der Waals surface area contributed by atoms with Crippen molar-refractivity contribution in [3.63, 3.8) is 0 Å². The molecule has 1 aromatic carbocycles. The Kier molecular flexibility index (Phi) is 3.71. The highest BCUT2D eigenvalue weighted by molar-refractivity contribution is 5.85. The molecule has 1 aromatic heterocycles. The van der Waals surface area contributed by atoms with Crippen molar-refractivity contribution < 1.29 is 18.7 Å². The Labute approximate surface area is 161 Å². The standard InChI is InChI=1S/C20H23N3O5/c1-12(2)14-11-27-20-7-8-21(16(20)9-17(24)23(14)20)18(25)10-22-13-5-3-4-6-15(13)28-19(22)26/h3-6,12,14,16H,7-11H2,1-2H3/t14-,16+,20-/m0/s1. The van der Waals surface area contributed by atoms with Gasteiger partial charge in [0, 0.05) is 13.0 Å². The van der Waals surface area contributed by atoms with Crippen LogP contribution in [0.2, 0.25) is 0 Å². The van der Waals surface area contributed by atoms with E-state index in [2.05, 4.69) is 13.8 Å². The molecule has 3 saturated heterocycles. The summed E-state index contributed by atoms with van der Waals surface area (Å²) < 4.78 is 12.7. The lowest BCUT2D eigenvalue weighted by Gasteiger charge is -2.34. The lowest BCUT2D eigenvalue weighted by atomic mass is 10.0. The number of benzene rings is 1. The number of carbonyl (C=O) groups excluding carboxylic acids is 2. The molecule has 0 aliphatic carbocycles. The first-order valence-electron chi connectivity index (χ1n) is 9.76. The molecule has 8 nitrogen and oxygen atoms in total. The van der Waals surface area contributed by atoms with Gasteiger partial charge in [0.05, 0.1) is 30.6 Å². The van der Waals surface area contributed by atoms with Gasteiger partial charge in [0.2, 0.25) is 11.8 Å². The van der Waals surface area contributed by atoms with Crippen LogP contribution in [0, 0.1) is 5.92 Å². The molecule has 0 radical (unpaired) electrons. The van der Waals surface area contributed by atoms with E-state index in [0.717, 1.165) is 0 Å². The van der Waals surface area contributed by atoms with E-state index in [4.69, 9.17) is 9.15 Å². The van der Waals surface area contributed by atoms with Crippen molar-refractivity contribution >= 4 is 22.9 Å². The van der Waals surface area contributed by atoms with E-state index in [1.54, 1.807) is 29.2 Å². The highest BCUT2D eigenvalue weighted by Gasteiger charge is 2.65. The summed E-state index contributed by atoms with van der Waals surface area (Å²) in [5, 5.41) is 0. The number of hydrogen-bond acceptors (Lipinski definition) is 5. The number of amides is 2. The molecule has 0 bridgehead atoms. The molecule has 28 heavy (non-hydrogen) atoms. The van der Waals surface area contributed by atoms with Crippen LogP contribution in [0.4, 0.5) is 0 Å². The van der Waals surface area contributed by atoms with Crippen molar-refractivity contribution in [2.24, 2.45) is 5.92 Å². The predicted molar refractivity (Wildman–Crippen MR) is 99.4 cm³/mol. The quantitative estimate of drug-likeness (QED) is 0.792. The molecule has 0 N–H and O–H groups in total. The van der Waals surface area contributed by atoms with Crippen LogP contribution in [0.1, 0.15) is 26.7 Å². The monoisotopic (exact) mass is 385 g/mol. The first-order valence-corrected chi connectivity index (χ1v) is 9.76. The molecule has 148 valence electrons. The van der Waals surface area contributed by atoms with E-state index in [9.17, 15) is 14.4 Å². The number of rotatable bonds is 3. The summed E-state index contributed by atoms with van der Waals surface area (Å²) in [7, 11) is 0. The Morgan fingerprint density at radius 1 is 1.29 bits per heavy atom. The van der Waals surface area contributed by atoms with Crippen LogP contribution in [-0.4, -0.2) is 57.1 Å². The van der Waals surface area contributed by atoms with Crippen molar-refractivity contribution in [1.82, 2.24) is 14.4 Å². The number of carbonyl (C=O) groups is 2. The number of nitrogens with zero attached hydrogens (tertiary/aromatic N) is 3. The summed E-state index contributed by atoms with van der Waals surface area (Å²) in [4.78, 5) is 41.6. The highest BCUT2D eigenvalue weighted by Crippen LogP contribution is 2.48. The van der Waals surface area contributed by atoms with E-state index in [-0.39, 0.29) is 36.9 Å². The van der Waals surface area contributed by atoms with Crippen molar-refractivity contribution in [1.29, 1.82) is 0 Å². The fourth-order valence-electron chi connectivity index (χ4n) is 5.06. The number of fused-ring (bicyclic) bond motifs is 1. The molecule has 0 saturated carbocycles. The van der Waals surface area contributed by atoms with E-state index < -0.39 is 11.5 Å². The summed E-state index contributed by atoms with van der Waals surface area (Å²) in [6, 6.07) is 6.79. The van der Waals surface area contributed by atoms with Gasteiger partial charge in [0.25, 0.3) is 0 Å². The zero-order valence-electron chi connectivity index (χ0n) is 16.0. The molecule has 2 amide bonds. The van der Waals surface area contributed by atoms with Gasteiger partial charge in [-0.1, -0.05) is 26.0 Å². The minimum Gasteiger partial charge on any atom is -0.408 e. The van der Waals surface area contributed by atoms with Crippen LogP contribution in [0.5, 0.6) is 0 Å². The zero-order valence-corrected chi connectivity index (χ0v) is 16.0. The van der Waals surface area contributed by atoms with Crippen molar-refractivity contribution in [2.75, 3.05) is 13.2 Å². The Morgan fingerprint density at radius 3 is 2.86 bits per heavy atom. The molecule has 1 spiro atoms. The van der Waals surface area contributed by atoms with Gasteiger partial charge in [-0.2, -0.15) is 0 Å². The fraction of sp³-hybridized carbons (Fsp3) is 0.550. The maximum absolute atomic E-state index is 13.1. The smallest absolute Gasteiger partial charge is 0.408 e. The van der Waals surface area contributed by atoms with E-state index in [0.29, 0.717) is 36.6 Å². The Balaban J connectivity index is 1.43. The molecule has 0 unspecified atom stereocenters. The Hall–Kier alpha value is -2.61. The first kappa shape index (κ1) is 17.5.